The fourth-order valence-corrected chi connectivity index (χ4v) is 11.6. The molecule has 0 aliphatic heterocycles. The zero-order valence-electron chi connectivity index (χ0n) is 25.9. The van der Waals surface area contributed by atoms with Crippen LogP contribution in [0.5, 0.6) is 0 Å². The van der Waals surface area contributed by atoms with Crippen LogP contribution in [-0.4, -0.2) is 64.2 Å². The molecule has 0 spiro atoms. The van der Waals surface area contributed by atoms with E-state index >= 15 is 0 Å². The summed E-state index contributed by atoms with van der Waals surface area (Å²) in [6.07, 6.45) is 0. The summed E-state index contributed by atoms with van der Waals surface area (Å²) in [4.78, 5) is 9.70. The van der Waals surface area contributed by atoms with Gasteiger partial charge in [0.2, 0.25) is 0 Å². The summed E-state index contributed by atoms with van der Waals surface area (Å²) in [6, 6.07) is 0. The fraction of sp³-hybridized carbons (Fsp3) is 0.857. The molecule has 0 radical (unpaired) electrons. The van der Waals surface area contributed by atoms with Crippen LogP contribution in [0.1, 0.15) is 0 Å². The van der Waals surface area contributed by atoms with E-state index in [0.29, 0.717) is 17.6 Å². The third kappa shape index (κ3) is 30.5. The third-order valence-electron chi connectivity index (χ3n) is 3.61. The van der Waals surface area contributed by atoms with Gasteiger partial charge in [0.25, 0.3) is 0 Å². The zero-order valence-corrected chi connectivity index (χ0v) is 35.5. The largest absolute Gasteiger partial charge is 3.00 e. The number of aliphatic hydroxyl groups excluding tert-OH is 3. The Bertz CT molecular complexity index is 459. The van der Waals surface area contributed by atoms with Gasteiger partial charge in [0.1, 0.15) is 0 Å². The van der Waals surface area contributed by atoms with Crippen LogP contribution in [0.4, 0.5) is 0 Å². The molecule has 0 aromatic rings. The van der Waals surface area contributed by atoms with Crippen molar-refractivity contribution in [2.45, 2.75) is 118 Å². The average molecular weight is 710 g/mol. The van der Waals surface area contributed by atoms with E-state index < -0.39 is 48.9 Å². The second-order valence-electron chi connectivity index (χ2n) is 14.9. The Hall–Kier alpha value is 2.26. The van der Waals surface area contributed by atoms with Crippen molar-refractivity contribution in [2.75, 3.05) is 0 Å². The van der Waals surface area contributed by atoms with Crippen molar-refractivity contribution in [1.82, 2.24) is 14.9 Å². The van der Waals surface area contributed by atoms with E-state index in [4.69, 9.17) is 0 Å². The molecule has 0 heterocycles. The van der Waals surface area contributed by atoms with Crippen LogP contribution in [-0.2, 0) is 0 Å². The van der Waals surface area contributed by atoms with Gasteiger partial charge < -0.3 is 30.3 Å². The summed E-state index contributed by atoms with van der Waals surface area (Å²) < 4.78 is 0. The van der Waals surface area contributed by atoms with Crippen LogP contribution < -0.4 is 14.9 Å². The predicted octanol–water partition coefficient (Wildman–Crippen LogP) is 6.45. The van der Waals surface area contributed by atoms with Crippen molar-refractivity contribution >= 4 is 48.9 Å². The normalized spacial score (nSPS) is 13.8. The van der Waals surface area contributed by atoms with E-state index in [-0.39, 0.29) is 35.6 Å². The second-order valence-corrected chi connectivity index (χ2v) is 44.1. The van der Waals surface area contributed by atoms with Crippen LogP contribution in [0.15, 0.2) is 0 Å². The van der Waals surface area contributed by atoms with Gasteiger partial charge in [-0.1, -0.05) is 142 Å². The summed E-state index contributed by atoms with van der Waals surface area (Å²) in [5, 5.41) is 28.9. The molecule has 6 nitrogen and oxygen atoms in total. The molecule has 0 saturated carbocycles. The first kappa shape index (κ1) is 43.3. The molecule has 0 aromatic carbocycles. The molecule has 0 rings (SSSR count). The molecular formula is C21H60LaN3O3Si6. The molecule has 0 aromatic heterocycles. The molecule has 0 amide bonds. The van der Waals surface area contributed by atoms with Crippen molar-refractivity contribution in [1.29, 1.82) is 0 Å². The molecule has 0 fully saturated rings. The molecule has 0 unspecified atom stereocenters. The van der Waals surface area contributed by atoms with Gasteiger partial charge in [-0.2, -0.15) is 0 Å². The molecule has 0 bridgehead atoms. The van der Waals surface area contributed by atoms with Gasteiger partial charge >= 0.3 is 35.6 Å². The van der Waals surface area contributed by atoms with Gasteiger partial charge in [-0.3, -0.25) is 0 Å². The smallest absolute Gasteiger partial charge is 0.550 e. The Balaban J connectivity index is -0.000000196. The molecule has 13 heteroatoms. The predicted molar refractivity (Wildman–Crippen MR) is 165 cm³/mol. The molecule has 6 N–H and O–H groups in total. The number of rotatable bonds is 9. The van der Waals surface area contributed by atoms with Gasteiger partial charge in [0.15, 0.2) is 0 Å². The molecule has 0 atom stereocenters. The quantitative estimate of drug-likeness (QED) is 0.122. The molecule has 0 saturated heterocycles. The standard InChI is InChI=1S/3C7H20NOSi2.La/c3*1-10(2,3)7(9)8-11(4,5)6;/h3*8-9H,1-6H3;/q3*-1;+3. The molecule has 34 heavy (non-hydrogen) atoms. The minimum Gasteiger partial charge on any atom is -0.550 e. The molecule has 0 aliphatic rings. The van der Waals surface area contributed by atoms with Crippen LogP contribution in [0.25, 0.3) is 0 Å². The van der Waals surface area contributed by atoms with E-state index in [1.54, 1.807) is 0 Å². The van der Waals surface area contributed by atoms with Gasteiger partial charge in [-0.25, -0.2) is 0 Å². The molecule has 204 valence electrons. The topological polar surface area (TPSA) is 96.8 Å². The number of hydrogen-bond acceptors (Lipinski definition) is 6. The summed E-state index contributed by atoms with van der Waals surface area (Å²) in [7, 11) is -8.42. The van der Waals surface area contributed by atoms with Crippen molar-refractivity contribution in [2.24, 2.45) is 0 Å². The van der Waals surface area contributed by atoms with Gasteiger partial charge in [-0.05, 0) is 0 Å². The maximum Gasteiger partial charge on any atom is 3.00 e. The van der Waals surface area contributed by atoms with Crippen LogP contribution in [0.2, 0.25) is 118 Å². The van der Waals surface area contributed by atoms with Crippen LogP contribution in [0.3, 0.4) is 0 Å². The van der Waals surface area contributed by atoms with E-state index in [2.05, 4.69) is 133 Å². The Morgan fingerprint density at radius 1 is 0.353 bits per heavy atom. The van der Waals surface area contributed by atoms with Crippen molar-refractivity contribution in [3.8, 4) is 0 Å². The van der Waals surface area contributed by atoms with Crippen LogP contribution >= 0.6 is 0 Å². The SMILES string of the molecule is C[Si](C)(C)N[C-](O)[Si](C)(C)C.C[Si](C)(C)N[C-](O)[Si](C)(C)C.C[Si](C)(C)N[C-](O)[Si](C)(C)C.[La+3]. The first-order valence-electron chi connectivity index (χ1n) is 11.9. The molecule has 0 aliphatic carbocycles. The first-order valence-corrected chi connectivity index (χ1v) is 32.9. The maximum atomic E-state index is 9.62. The monoisotopic (exact) mass is 709 g/mol. The molecular weight excluding hydrogens is 650 g/mol. The Morgan fingerprint density at radius 2 is 0.471 bits per heavy atom. The number of hydrogen-bond donors (Lipinski definition) is 6. The van der Waals surface area contributed by atoms with E-state index in [0.717, 1.165) is 0 Å². The summed E-state index contributed by atoms with van der Waals surface area (Å²) >= 11 is 0. The van der Waals surface area contributed by atoms with Crippen molar-refractivity contribution in [3.05, 3.63) is 17.6 Å². The van der Waals surface area contributed by atoms with Gasteiger partial charge in [0.05, 0.1) is 24.7 Å². The Labute approximate surface area is 248 Å². The van der Waals surface area contributed by atoms with E-state index in [9.17, 15) is 15.3 Å². The van der Waals surface area contributed by atoms with Gasteiger partial charge in [0, 0.05) is 0 Å². The minimum atomic E-state index is -1.47. The fourth-order valence-electron chi connectivity index (χ4n) is 1.63. The Morgan fingerprint density at radius 3 is 0.500 bits per heavy atom. The minimum absolute atomic E-state index is 0. The van der Waals surface area contributed by atoms with E-state index in [1.807, 2.05) is 0 Å². The van der Waals surface area contributed by atoms with Crippen molar-refractivity contribution in [3.63, 3.8) is 0 Å². The van der Waals surface area contributed by atoms with Gasteiger partial charge in [-0.15, -0.1) is 17.6 Å². The zero-order chi connectivity index (χ0) is 27.9. The maximum absolute atomic E-state index is 9.62. The average Bonchev–Trinajstić information content (AvgIpc) is 2.39. The number of nitrogens with one attached hydrogen (secondary N) is 3. The summed E-state index contributed by atoms with van der Waals surface area (Å²) in [5.41, 5.74) is 0. The second kappa shape index (κ2) is 16.4. The summed E-state index contributed by atoms with van der Waals surface area (Å²) in [6.45, 7) is 38.9. The first-order chi connectivity index (χ1) is 13.9. The van der Waals surface area contributed by atoms with E-state index in [1.165, 1.54) is 0 Å². The number of aliphatic hydroxyl groups is 3. The summed E-state index contributed by atoms with van der Waals surface area (Å²) in [5.74, 6) is 1.66. The van der Waals surface area contributed by atoms with Crippen LogP contribution in [0, 0.1) is 53.2 Å². The van der Waals surface area contributed by atoms with Crippen molar-refractivity contribution < 1.29 is 50.9 Å². The Kier molecular flexibility index (Phi) is 20.9. The third-order valence-corrected chi connectivity index (χ3v) is 12.0.